The maximum Gasteiger partial charge on any atom is 0.240 e. The highest BCUT2D eigenvalue weighted by atomic mass is 16.2. The monoisotopic (exact) mass is 274 g/mol. The van der Waals surface area contributed by atoms with Crippen LogP contribution in [0.3, 0.4) is 0 Å². The Balaban J connectivity index is 2.08. The Kier molecular flexibility index (Phi) is 4.47. The lowest BCUT2D eigenvalue weighted by Crippen LogP contribution is -2.31. The summed E-state index contributed by atoms with van der Waals surface area (Å²) in [5.41, 5.74) is 5.04. The van der Waals surface area contributed by atoms with Gasteiger partial charge in [0.15, 0.2) is 0 Å². The number of rotatable bonds is 4. The van der Waals surface area contributed by atoms with Gasteiger partial charge in [0.25, 0.3) is 0 Å². The van der Waals surface area contributed by atoms with Crippen molar-refractivity contribution in [3.63, 3.8) is 0 Å². The van der Waals surface area contributed by atoms with Gasteiger partial charge in [-0.2, -0.15) is 5.10 Å². The summed E-state index contributed by atoms with van der Waals surface area (Å²) in [5, 5.41) is 9.67. The smallest absolute Gasteiger partial charge is 0.240 e. The van der Waals surface area contributed by atoms with Crippen LogP contribution in [0.1, 0.15) is 18.9 Å². The van der Waals surface area contributed by atoms with E-state index < -0.39 is 0 Å². The van der Waals surface area contributed by atoms with Crippen molar-refractivity contribution in [1.82, 2.24) is 10.7 Å². The van der Waals surface area contributed by atoms with Crippen LogP contribution >= 0.6 is 0 Å². The van der Waals surface area contributed by atoms with Gasteiger partial charge in [0.1, 0.15) is 0 Å². The number of carbonyl (C=O) groups excluding carboxylic acids is 2. The van der Waals surface area contributed by atoms with Crippen molar-refractivity contribution in [2.45, 2.75) is 13.3 Å². The first-order valence-electron chi connectivity index (χ1n) is 6.51. The topological polar surface area (TPSA) is 82.6 Å². The second-order valence-corrected chi connectivity index (χ2v) is 4.79. The van der Waals surface area contributed by atoms with Crippen LogP contribution in [0.4, 0.5) is 5.69 Å². The molecule has 3 N–H and O–H groups in total. The van der Waals surface area contributed by atoms with E-state index in [9.17, 15) is 9.59 Å². The predicted molar refractivity (Wildman–Crippen MR) is 77.5 cm³/mol. The molecule has 0 spiro atoms. The minimum Gasteiger partial charge on any atom is -0.325 e. The molecule has 0 aromatic heterocycles. The lowest BCUT2D eigenvalue weighted by molar-refractivity contribution is -0.122. The van der Waals surface area contributed by atoms with Crippen LogP contribution in [-0.2, 0) is 9.59 Å². The summed E-state index contributed by atoms with van der Waals surface area (Å²) in [6.07, 6.45) is 0.444. The fourth-order valence-corrected chi connectivity index (χ4v) is 2.09. The molecule has 1 aliphatic heterocycles. The average Bonchev–Trinajstić information content (AvgIpc) is 2.40. The highest BCUT2D eigenvalue weighted by molar-refractivity contribution is 6.06. The lowest BCUT2D eigenvalue weighted by Gasteiger charge is -2.19. The number of hydrazone groups is 1. The van der Waals surface area contributed by atoms with Gasteiger partial charge in [-0.25, -0.2) is 5.43 Å². The van der Waals surface area contributed by atoms with Gasteiger partial charge in [0, 0.05) is 18.0 Å². The van der Waals surface area contributed by atoms with Crippen molar-refractivity contribution >= 4 is 23.2 Å². The summed E-state index contributed by atoms with van der Waals surface area (Å²) in [7, 11) is 1.72. The predicted octanol–water partition coefficient (Wildman–Crippen LogP) is 0.705. The van der Waals surface area contributed by atoms with Crippen molar-refractivity contribution in [3.8, 4) is 0 Å². The van der Waals surface area contributed by atoms with E-state index in [0.717, 1.165) is 17.0 Å². The molecule has 1 unspecified atom stereocenters. The fraction of sp³-hybridized carbons (Fsp3) is 0.357. The molecule has 0 radical (unpaired) electrons. The van der Waals surface area contributed by atoms with Gasteiger partial charge in [-0.1, -0.05) is 19.1 Å². The number of hydrogen-bond donors (Lipinski definition) is 3. The molecular formula is C14H18N4O2. The largest absolute Gasteiger partial charge is 0.325 e. The summed E-state index contributed by atoms with van der Waals surface area (Å²) in [6.45, 7) is 2.25. The molecule has 1 heterocycles. The van der Waals surface area contributed by atoms with Crippen LogP contribution in [0, 0.1) is 5.92 Å². The second kappa shape index (κ2) is 6.29. The van der Waals surface area contributed by atoms with E-state index in [2.05, 4.69) is 21.2 Å². The number of nitrogens with zero attached hydrogens (tertiary/aromatic N) is 1. The van der Waals surface area contributed by atoms with Gasteiger partial charge in [0.2, 0.25) is 11.8 Å². The zero-order valence-electron chi connectivity index (χ0n) is 11.6. The Bertz CT molecular complexity index is 537. The van der Waals surface area contributed by atoms with Crippen molar-refractivity contribution < 1.29 is 9.59 Å². The van der Waals surface area contributed by atoms with E-state index in [-0.39, 0.29) is 24.3 Å². The third kappa shape index (κ3) is 3.42. The van der Waals surface area contributed by atoms with Crippen LogP contribution in [0.5, 0.6) is 0 Å². The summed E-state index contributed by atoms with van der Waals surface area (Å²) in [5.74, 6) is -0.0541. The van der Waals surface area contributed by atoms with E-state index in [4.69, 9.17) is 0 Å². The Morgan fingerprint density at radius 3 is 2.70 bits per heavy atom. The molecule has 1 aliphatic rings. The van der Waals surface area contributed by atoms with Crippen LogP contribution in [-0.4, -0.2) is 31.1 Å². The Morgan fingerprint density at radius 2 is 2.10 bits per heavy atom. The van der Waals surface area contributed by atoms with E-state index >= 15 is 0 Å². The van der Waals surface area contributed by atoms with Crippen molar-refractivity contribution in [1.29, 1.82) is 0 Å². The van der Waals surface area contributed by atoms with Crippen molar-refractivity contribution in [2.75, 3.05) is 18.9 Å². The first-order valence-corrected chi connectivity index (χ1v) is 6.51. The third-order valence-electron chi connectivity index (χ3n) is 3.06. The van der Waals surface area contributed by atoms with E-state index in [1.165, 1.54) is 0 Å². The molecule has 20 heavy (non-hydrogen) atoms. The molecule has 0 fully saturated rings. The number of hydrogen-bond acceptors (Lipinski definition) is 4. The van der Waals surface area contributed by atoms with Crippen LogP contribution in [0.2, 0.25) is 0 Å². The van der Waals surface area contributed by atoms with Gasteiger partial charge in [0.05, 0.1) is 12.3 Å². The lowest BCUT2D eigenvalue weighted by atomic mass is 9.94. The number of anilines is 1. The molecule has 0 bridgehead atoms. The molecule has 2 amide bonds. The Hall–Kier alpha value is -2.21. The SMILES string of the molecule is CNCC(=O)Nc1ccc(C2=NNC(=O)CC2C)cc1. The number of carbonyl (C=O) groups is 2. The molecule has 0 saturated heterocycles. The number of likely N-dealkylation sites (N-methyl/N-ethyl adjacent to an activating group) is 1. The average molecular weight is 274 g/mol. The molecule has 2 rings (SSSR count). The molecule has 0 saturated carbocycles. The minimum absolute atomic E-state index is 0.0581. The highest BCUT2D eigenvalue weighted by Gasteiger charge is 2.21. The second-order valence-electron chi connectivity index (χ2n) is 4.79. The molecular weight excluding hydrogens is 256 g/mol. The maximum atomic E-state index is 11.4. The van der Waals surface area contributed by atoms with Crippen LogP contribution in [0.25, 0.3) is 0 Å². The third-order valence-corrected chi connectivity index (χ3v) is 3.06. The van der Waals surface area contributed by atoms with Gasteiger partial charge >= 0.3 is 0 Å². The van der Waals surface area contributed by atoms with E-state index in [1.54, 1.807) is 7.05 Å². The quantitative estimate of drug-likeness (QED) is 0.756. The zero-order chi connectivity index (χ0) is 14.5. The molecule has 0 aliphatic carbocycles. The molecule has 6 nitrogen and oxygen atoms in total. The van der Waals surface area contributed by atoms with Gasteiger partial charge in [-0.3, -0.25) is 9.59 Å². The first-order chi connectivity index (χ1) is 9.60. The molecule has 1 aromatic carbocycles. The van der Waals surface area contributed by atoms with Crippen LogP contribution < -0.4 is 16.1 Å². The van der Waals surface area contributed by atoms with E-state index in [0.29, 0.717) is 6.42 Å². The number of nitrogens with one attached hydrogen (secondary N) is 3. The molecule has 1 aromatic rings. The molecule has 1 atom stereocenters. The summed E-state index contributed by atoms with van der Waals surface area (Å²) in [6, 6.07) is 7.44. The van der Waals surface area contributed by atoms with Crippen molar-refractivity contribution in [3.05, 3.63) is 29.8 Å². The zero-order valence-corrected chi connectivity index (χ0v) is 11.6. The Labute approximate surface area is 117 Å². The van der Waals surface area contributed by atoms with Gasteiger partial charge in [-0.15, -0.1) is 0 Å². The normalized spacial score (nSPS) is 18.2. The van der Waals surface area contributed by atoms with Crippen LogP contribution in [0.15, 0.2) is 29.4 Å². The standard InChI is InChI=1S/C14H18N4O2/c1-9-7-12(19)17-18-14(9)10-3-5-11(6-4-10)16-13(20)8-15-2/h3-6,9,15H,7-8H2,1-2H3,(H,16,20)(H,17,19). The Morgan fingerprint density at radius 1 is 1.40 bits per heavy atom. The van der Waals surface area contributed by atoms with Gasteiger partial charge in [-0.05, 0) is 24.7 Å². The molecule has 106 valence electrons. The molecule has 6 heteroatoms. The minimum atomic E-state index is -0.0871. The highest BCUT2D eigenvalue weighted by Crippen LogP contribution is 2.18. The van der Waals surface area contributed by atoms with E-state index in [1.807, 2.05) is 31.2 Å². The summed E-state index contributed by atoms with van der Waals surface area (Å²) >= 11 is 0. The summed E-state index contributed by atoms with van der Waals surface area (Å²) < 4.78 is 0. The maximum absolute atomic E-state index is 11.4. The summed E-state index contributed by atoms with van der Waals surface area (Å²) in [4.78, 5) is 22.7. The van der Waals surface area contributed by atoms with Crippen molar-refractivity contribution in [2.24, 2.45) is 11.0 Å². The van der Waals surface area contributed by atoms with Gasteiger partial charge < -0.3 is 10.6 Å². The fourth-order valence-electron chi connectivity index (χ4n) is 2.09. The number of amides is 2. The first kappa shape index (κ1) is 14.2. The number of benzene rings is 1.